The molecule has 2 heterocycles. The molecule has 26 heavy (non-hydrogen) atoms. The lowest BCUT2D eigenvalue weighted by molar-refractivity contribution is -0.247. The van der Waals surface area contributed by atoms with E-state index in [1.54, 1.807) is 0 Å². The van der Waals surface area contributed by atoms with Crippen molar-refractivity contribution in [2.75, 3.05) is 6.61 Å². The van der Waals surface area contributed by atoms with Crippen LogP contribution in [0.15, 0.2) is 12.2 Å². The van der Waals surface area contributed by atoms with Crippen LogP contribution in [0.5, 0.6) is 0 Å². The molecule has 8 atom stereocenters. The Morgan fingerprint density at radius 3 is 2.50 bits per heavy atom. The zero-order valence-electron chi connectivity index (χ0n) is 17.6. The van der Waals surface area contributed by atoms with Gasteiger partial charge in [0.15, 0.2) is 5.79 Å². The summed E-state index contributed by atoms with van der Waals surface area (Å²) in [5.74, 6) is -0.307. The molecule has 0 spiro atoms. The summed E-state index contributed by atoms with van der Waals surface area (Å²) < 4.78 is 11.8. The molecule has 1 N–H and O–H groups in total. The van der Waals surface area contributed by atoms with Gasteiger partial charge in [0.1, 0.15) is 5.78 Å². The molecule has 150 valence electrons. The maximum atomic E-state index is 13.3. The van der Waals surface area contributed by atoms with Gasteiger partial charge >= 0.3 is 0 Å². The lowest BCUT2D eigenvalue weighted by atomic mass is 9.71. The lowest BCUT2D eigenvalue weighted by Gasteiger charge is -2.41. The van der Waals surface area contributed by atoms with E-state index >= 15 is 0 Å². The van der Waals surface area contributed by atoms with Crippen molar-refractivity contribution in [1.82, 2.24) is 0 Å². The van der Waals surface area contributed by atoms with E-state index in [1.165, 1.54) is 0 Å². The Bertz CT molecular complexity index is 530. The van der Waals surface area contributed by atoms with Gasteiger partial charge in [0.05, 0.1) is 18.3 Å². The number of Topliss-reactive ketones (excluding diaryl/α,β-unsaturated/α-hetero) is 1. The van der Waals surface area contributed by atoms with Gasteiger partial charge in [0.2, 0.25) is 0 Å². The van der Waals surface area contributed by atoms with Crippen molar-refractivity contribution in [3.63, 3.8) is 0 Å². The van der Waals surface area contributed by atoms with Crippen LogP contribution in [0.2, 0.25) is 0 Å². The molecule has 0 saturated carbocycles. The van der Waals surface area contributed by atoms with Crippen molar-refractivity contribution in [3.8, 4) is 0 Å². The predicted octanol–water partition coefficient (Wildman–Crippen LogP) is 4.36. The Kier molecular flexibility index (Phi) is 6.74. The average Bonchev–Trinajstić information content (AvgIpc) is 3.29. The summed E-state index contributed by atoms with van der Waals surface area (Å²) in [7, 11) is 0. The molecule has 0 bridgehead atoms. The minimum absolute atomic E-state index is 0.0355. The first kappa shape index (κ1) is 21.6. The van der Waals surface area contributed by atoms with Gasteiger partial charge < -0.3 is 14.6 Å². The number of carbonyl (C=O) groups is 1. The van der Waals surface area contributed by atoms with Gasteiger partial charge in [0, 0.05) is 24.2 Å². The standard InChI is InChI=1S/C22H38O4/c1-8-11-14(4)20-21(7,26-20)16(6)17(9-2)19(23)18-13-25-22(24,10-3)12-15(18)5/h8,11,14-18,20,24H,9-10,12-13H2,1-7H3/b11-8-/t14-,15-,16-,17+,18+,20+,21-,22?/m0/s1. The number of hydrogen-bond acceptors (Lipinski definition) is 4. The number of carbonyl (C=O) groups excluding carboxylic acids is 1. The van der Waals surface area contributed by atoms with Crippen molar-refractivity contribution in [3.05, 3.63) is 12.2 Å². The van der Waals surface area contributed by atoms with Crippen LogP contribution in [0.1, 0.15) is 67.7 Å². The van der Waals surface area contributed by atoms with Crippen molar-refractivity contribution < 1.29 is 19.4 Å². The number of allylic oxidation sites excluding steroid dienone is 1. The number of epoxide rings is 1. The third-order valence-corrected chi connectivity index (χ3v) is 6.95. The Balaban J connectivity index is 2.07. The molecule has 1 unspecified atom stereocenters. The van der Waals surface area contributed by atoms with E-state index in [1.807, 2.05) is 13.8 Å². The number of aliphatic hydroxyl groups is 1. The molecular weight excluding hydrogens is 328 g/mol. The molecule has 2 aliphatic heterocycles. The van der Waals surface area contributed by atoms with Crippen LogP contribution in [0.4, 0.5) is 0 Å². The van der Waals surface area contributed by atoms with Crippen LogP contribution in [0, 0.1) is 29.6 Å². The van der Waals surface area contributed by atoms with E-state index in [0.29, 0.717) is 25.4 Å². The third kappa shape index (κ3) is 4.07. The summed E-state index contributed by atoms with van der Waals surface area (Å²) in [5, 5.41) is 10.4. The molecule has 2 rings (SSSR count). The fourth-order valence-electron chi connectivity index (χ4n) is 4.84. The minimum Gasteiger partial charge on any atom is -0.365 e. The molecule has 0 aromatic rings. The molecule has 2 saturated heterocycles. The van der Waals surface area contributed by atoms with E-state index in [0.717, 1.165) is 6.42 Å². The van der Waals surface area contributed by atoms with Crippen LogP contribution in [0.25, 0.3) is 0 Å². The molecule has 4 heteroatoms. The van der Waals surface area contributed by atoms with E-state index in [9.17, 15) is 9.90 Å². The Labute approximate surface area is 159 Å². The lowest BCUT2D eigenvalue weighted by Crippen LogP contribution is -2.48. The topological polar surface area (TPSA) is 59.1 Å². The first-order valence-corrected chi connectivity index (χ1v) is 10.3. The van der Waals surface area contributed by atoms with Gasteiger partial charge in [-0.25, -0.2) is 0 Å². The molecule has 0 aromatic heterocycles. The highest BCUT2D eigenvalue weighted by molar-refractivity contribution is 5.84. The summed E-state index contributed by atoms with van der Waals surface area (Å²) in [6.45, 7) is 14.9. The summed E-state index contributed by atoms with van der Waals surface area (Å²) in [4.78, 5) is 13.3. The van der Waals surface area contributed by atoms with E-state index in [4.69, 9.17) is 9.47 Å². The van der Waals surface area contributed by atoms with Crippen LogP contribution < -0.4 is 0 Å². The van der Waals surface area contributed by atoms with Gasteiger partial charge in [0.25, 0.3) is 0 Å². The number of ketones is 1. The summed E-state index contributed by atoms with van der Waals surface area (Å²) in [6.07, 6.45) is 6.32. The number of ether oxygens (including phenoxy) is 2. The van der Waals surface area contributed by atoms with Crippen LogP contribution in [-0.4, -0.2) is 35.0 Å². The molecule has 0 aromatic carbocycles. The van der Waals surface area contributed by atoms with Crippen molar-refractivity contribution in [1.29, 1.82) is 0 Å². The zero-order chi connectivity index (χ0) is 19.7. The number of hydrogen-bond donors (Lipinski definition) is 1. The molecular formula is C22H38O4. The van der Waals surface area contributed by atoms with Gasteiger partial charge in [-0.2, -0.15) is 0 Å². The normalized spacial score (nSPS) is 41.0. The van der Waals surface area contributed by atoms with Crippen LogP contribution in [-0.2, 0) is 14.3 Å². The molecule has 4 nitrogen and oxygen atoms in total. The largest absolute Gasteiger partial charge is 0.365 e. The highest BCUT2D eigenvalue weighted by Crippen LogP contribution is 2.51. The van der Waals surface area contributed by atoms with Gasteiger partial charge in [-0.05, 0) is 38.5 Å². The zero-order valence-corrected chi connectivity index (χ0v) is 17.6. The second-order valence-corrected chi connectivity index (χ2v) is 8.71. The van der Waals surface area contributed by atoms with Crippen molar-refractivity contribution in [2.24, 2.45) is 29.6 Å². The molecule has 0 radical (unpaired) electrons. The second-order valence-electron chi connectivity index (χ2n) is 8.71. The first-order chi connectivity index (χ1) is 12.1. The monoisotopic (exact) mass is 366 g/mol. The van der Waals surface area contributed by atoms with Crippen LogP contribution >= 0.6 is 0 Å². The highest BCUT2D eigenvalue weighted by Gasteiger charge is 2.60. The van der Waals surface area contributed by atoms with Crippen molar-refractivity contribution >= 4 is 5.78 Å². The maximum Gasteiger partial charge on any atom is 0.165 e. The van der Waals surface area contributed by atoms with Gasteiger partial charge in [-0.3, -0.25) is 4.79 Å². The molecule has 0 amide bonds. The average molecular weight is 367 g/mol. The smallest absolute Gasteiger partial charge is 0.165 e. The highest BCUT2D eigenvalue weighted by atomic mass is 16.6. The van der Waals surface area contributed by atoms with E-state index in [2.05, 4.69) is 46.8 Å². The predicted molar refractivity (Wildman–Crippen MR) is 104 cm³/mol. The van der Waals surface area contributed by atoms with E-state index in [-0.39, 0.29) is 41.2 Å². The quantitative estimate of drug-likeness (QED) is 0.512. The van der Waals surface area contributed by atoms with Crippen molar-refractivity contribution in [2.45, 2.75) is 85.2 Å². The minimum atomic E-state index is -1.07. The fraction of sp³-hybridized carbons (Fsp3) is 0.864. The second kappa shape index (κ2) is 8.12. The first-order valence-electron chi connectivity index (χ1n) is 10.3. The summed E-state index contributed by atoms with van der Waals surface area (Å²) >= 11 is 0. The molecule has 2 fully saturated rings. The van der Waals surface area contributed by atoms with Gasteiger partial charge in [-0.1, -0.05) is 46.8 Å². The Hall–Kier alpha value is -0.710. The summed E-state index contributed by atoms with van der Waals surface area (Å²) in [5.41, 5.74) is -0.238. The number of rotatable bonds is 8. The van der Waals surface area contributed by atoms with Crippen LogP contribution in [0.3, 0.4) is 0 Å². The molecule has 0 aliphatic carbocycles. The summed E-state index contributed by atoms with van der Waals surface area (Å²) in [6, 6.07) is 0. The Morgan fingerprint density at radius 2 is 2.00 bits per heavy atom. The molecule has 2 aliphatic rings. The fourth-order valence-corrected chi connectivity index (χ4v) is 4.84. The van der Waals surface area contributed by atoms with Gasteiger partial charge in [-0.15, -0.1) is 0 Å². The van der Waals surface area contributed by atoms with E-state index < -0.39 is 5.79 Å². The third-order valence-electron chi connectivity index (χ3n) is 6.95. The maximum absolute atomic E-state index is 13.3. The Morgan fingerprint density at radius 1 is 1.35 bits per heavy atom. The SMILES string of the molecule is C/C=C\[C@H](C)[C@H]1O[C@@]1(C)[C@@H](C)[C@@H](CC)C(=O)[C@@H]1COC(O)(CC)C[C@@H]1C.